The first-order valence-electron chi connectivity index (χ1n) is 12.2. The quantitative estimate of drug-likeness (QED) is 0.202. The van der Waals surface area contributed by atoms with Crippen molar-refractivity contribution < 1.29 is 19.1 Å². The van der Waals surface area contributed by atoms with Crippen molar-refractivity contribution in [2.24, 2.45) is 5.92 Å². The normalized spacial score (nSPS) is 11.8. The van der Waals surface area contributed by atoms with E-state index in [0.717, 1.165) is 33.5 Å². The third-order valence-corrected chi connectivity index (χ3v) is 6.38. The van der Waals surface area contributed by atoms with Crippen molar-refractivity contribution in [1.82, 2.24) is 4.98 Å². The number of aryl methyl sites for hydroxylation is 1. The maximum atomic E-state index is 12.8. The number of carboxylic acids is 1. The minimum Gasteiger partial charge on any atom is -0.481 e. The number of carbonyl (C=O) groups is 2. The Morgan fingerprint density at radius 1 is 0.811 bits per heavy atom. The van der Waals surface area contributed by atoms with Crippen molar-refractivity contribution in [3.8, 4) is 11.1 Å². The summed E-state index contributed by atoms with van der Waals surface area (Å²) in [5.41, 5.74) is 5.91. The zero-order valence-electron chi connectivity index (χ0n) is 20.1. The van der Waals surface area contributed by atoms with E-state index in [-0.39, 0.29) is 12.2 Å². The van der Waals surface area contributed by atoms with Crippen LogP contribution in [0, 0.1) is 5.92 Å². The first-order valence-corrected chi connectivity index (χ1v) is 12.2. The van der Waals surface area contributed by atoms with Gasteiger partial charge in [-0.3, -0.25) is 9.59 Å². The number of ketones is 1. The molecule has 0 aliphatic rings. The number of Topliss-reactive ketones (excluding diaryl/α,β-unsaturated/α-hetero) is 1. The van der Waals surface area contributed by atoms with E-state index in [1.165, 1.54) is 0 Å². The van der Waals surface area contributed by atoms with Crippen LogP contribution in [-0.4, -0.2) is 21.8 Å². The van der Waals surface area contributed by atoms with Crippen LogP contribution in [0.1, 0.15) is 28.8 Å². The first-order chi connectivity index (χ1) is 18.0. The van der Waals surface area contributed by atoms with Crippen molar-refractivity contribution in [3.63, 3.8) is 0 Å². The smallest absolute Gasteiger partial charge is 0.306 e. The lowest BCUT2D eigenvalue weighted by atomic mass is 9.92. The first kappa shape index (κ1) is 24.0. The van der Waals surface area contributed by atoms with E-state index in [0.29, 0.717) is 24.4 Å². The number of benzene rings is 4. The number of fused-ring (bicyclic) bond motifs is 1. The van der Waals surface area contributed by atoms with E-state index in [1.54, 1.807) is 12.1 Å². The molecule has 2 N–H and O–H groups in total. The summed E-state index contributed by atoms with van der Waals surface area (Å²) in [6, 6.07) is 32.9. The van der Waals surface area contributed by atoms with Gasteiger partial charge in [0.15, 0.2) is 11.4 Å². The number of oxazole rings is 1. The monoisotopic (exact) mass is 490 g/mol. The van der Waals surface area contributed by atoms with Gasteiger partial charge in [-0.05, 0) is 53.8 Å². The van der Waals surface area contributed by atoms with E-state index < -0.39 is 11.9 Å². The minimum absolute atomic E-state index is 0.0162. The fourth-order valence-electron chi connectivity index (χ4n) is 4.28. The lowest BCUT2D eigenvalue weighted by Crippen LogP contribution is -2.19. The van der Waals surface area contributed by atoms with Gasteiger partial charge in [-0.15, -0.1) is 0 Å². The zero-order valence-corrected chi connectivity index (χ0v) is 20.1. The highest BCUT2D eigenvalue weighted by Gasteiger charge is 2.22. The second-order valence-electron chi connectivity index (χ2n) is 8.95. The van der Waals surface area contributed by atoms with E-state index in [1.807, 2.05) is 91.0 Å². The number of aromatic nitrogens is 1. The number of nitrogens with zero attached hydrogens (tertiary/aromatic N) is 1. The molecular weight excluding hydrogens is 464 g/mol. The SMILES string of the molecule is O=C(CC(CCc1ccccc1)C(=O)O)c1ccc(-c2ccc(Nc3nc4ccccc4o3)cc2)cc1. The highest BCUT2D eigenvalue weighted by atomic mass is 16.4. The summed E-state index contributed by atoms with van der Waals surface area (Å²) in [6.07, 6.45) is 1.03. The van der Waals surface area contributed by atoms with Crippen LogP contribution < -0.4 is 5.32 Å². The maximum absolute atomic E-state index is 12.8. The molecule has 1 atom stereocenters. The Morgan fingerprint density at radius 2 is 1.46 bits per heavy atom. The third-order valence-electron chi connectivity index (χ3n) is 6.38. The van der Waals surface area contributed by atoms with Crippen molar-refractivity contribution in [2.75, 3.05) is 5.32 Å². The maximum Gasteiger partial charge on any atom is 0.306 e. The Hall–Kier alpha value is -4.71. The van der Waals surface area contributed by atoms with Crippen LogP contribution in [0.15, 0.2) is 108 Å². The van der Waals surface area contributed by atoms with E-state index in [9.17, 15) is 14.7 Å². The summed E-state index contributed by atoms with van der Waals surface area (Å²) < 4.78 is 5.71. The molecule has 5 rings (SSSR count). The Balaban J connectivity index is 1.20. The van der Waals surface area contributed by atoms with E-state index in [4.69, 9.17) is 4.42 Å². The molecule has 6 heteroatoms. The number of aliphatic carboxylic acids is 1. The molecule has 1 aromatic heterocycles. The summed E-state index contributed by atoms with van der Waals surface area (Å²) in [7, 11) is 0. The van der Waals surface area contributed by atoms with Gasteiger partial charge in [-0.1, -0.05) is 78.9 Å². The zero-order chi connectivity index (χ0) is 25.6. The van der Waals surface area contributed by atoms with Gasteiger partial charge < -0.3 is 14.8 Å². The number of hydrogen-bond donors (Lipinski definition) is 2. The summed E-state index contributed by atoms with van der Waals surface area (Å²) >= 11 is 0. The van der Waals surface area contributed by atoms with Crippen LogP contribution in [0.2, 0.25) is 0 Å². The highest BCUT2D eigenvalue weighted by Crippen LogP contribution is 2.26. The van der Waals surface area contributed by atoms with Gasteiger partial charge in [0.05, 0.1) is 5.92 Å². The van der Waals surface area contributed by atoms with Gasteiger partial charge in [-0.2, -0.15) is 4.98 Å². The molecule has 1 unspecified atom stereocenters. The van der Waals surface area contributed by atoms with Gasteiger partial charge in [-0.25, -0.2) is 0 Å². The molecule has 1 heterocycles. The molecule has 6 nitrogen and oxygen atoms in total. The highest BCUT2D eigenvalue weighted by molar-refractivity contribution is 5.98. The van der Waals surface area contributed by atoms with Crippen molar-refractivity contribution in [3.05, 3.63) is 114 Å². The molecule has 0 spiro atoms. The molecule has 0 fully saturated rings. The average molecular weight is 491 g/mol. The molecule has 0 saturated heterocycles. The van der Waals surface area contributed by atoms with Crippen molar-refractivity contribution in [2.45, 2.75) is 19.3 Å². The van der Waals surface area contributed by atoms with Gasteiger partial charge in [0, 0.05) is 17.7 Å². The van der Waals surface area contributed by atoms with Crippen LogP contribution in [0.25, 0.3) is 22.2 Å². The molecule has 0 aliphatic heterocycles. The fourth-order valence-corrected chi connectivity index (χ4v) is 4.28. The summed E-state index contributed by atoms with van der Waals surface area (Å²) in [5, 5.41) is 12.8. The topological polar surface area (TPSA) is 92.4 Å². The second kappa shape index (κ2) is 10.9. The second-order valence-corrected chi connectivity index (χ2v) is 8.95. The number of para-hydroxylation sites is 2. The fraction of sp³-hybridized carbons (Fsp3) is 0.129. The Bertz CT molecular complexity index is 1470. The predicted octanol–water partition coefficient (Wildman–Crippen LogP) is 7.14. The molecule has 0 bridgehead atoms. The molecule has 0 amide bonds. The standard InChI is InChI=1S/C31H26N2O4/c34-28(20-25(30(35)36)11-10-21-6-2-1-3-7-21)24-14-12-22(13-15-24)23-16-18-26(19-17-23)32-31-33-27-8-4-5-9-29(27)37-31/h1-9,12-19,25H,10-11,20H2,(H,32,33)(H,35,36). The van der Waals surface area contributed by atoms with Crippen LogP contribution >= 0.6 is 0 Å². The summed E-state index contributed by atoms with van der Waals surface area (Å²) in [4.78, 5) is 29.0. The molecule has 0 aliphatic carbocycles. The minimum atomic E-state index is -0.938. The number of rotatable bonds is 10. The Labute approximate surface area is 214 Å². The third kappa shape index (κ3) is 5.93. The van der Waals surface area contributed by atoms with Crippen LogP contribution in [0.5, 0.6) is 0 Å². The molecule has 184 valence electrons. The molecule has 0 radical (unpaired) electrons. The number of carboxylic acid groups (broad SMARTS) is 1. The van der Waals surface area contributed by atoms with Crippen molar-refractivity contribution >= 4 is 34.6 Å². The van der Waals surface area contributed by atoms with E-state index in [2.05, 4.69) is 10.3 Å². The number of nitrogens with one attached hydrogen (secondary N) is 1. The Morgan fingerprint density at radius 3 is 2.14 bits per heavy atom. The predicted molar refractivity (Wildman–Crippen MR) is 144 cm³/mol. The average Bonchev–Trinajstić information content (AvgIpc) is 3.34. The van der Waals surface area contributed by atoms with Crippen LogP contribution in [-0.2, 0) is 11.2 Å². The lowest BCUT2D eigenvalue weighted by molar-refractivity contribution is -0.141. The van der Waals surface area contributed by atoms with Gasteiger partial charge in [0.25, 0.3) is 6.01 Å². The largest absolute Gasteiger partial charge is 0.481 e. The number of carbonyl (C=O) groups excluding carboxylic acids is 1. The Kier molecular flexibility index (Phi) is 7.08. The molecule has 5 aromatic rings. The van der Waals surface area contributed by atoms with Gasteiger partial charge in [0.2, 0.25) is 0 Å². The van der Waals surface area contributed by atoms with Gasteiger partial charge in [0.1, 0.15) is 5.52 Å². The molecule has 0 saturated carbocycles. The van der Waals surface area contributed by atoms with Crippen molar-refractivity contribution in [1.29, 1.82) is 0 Å². The van der Waals surface area contributed by atoms with Crippen LogP contribution in [0.3, 0.4) is 0 Å². The lowest BCUT2D eigenvalue weighted by Gasteiger charge is -2.12. The summed E-state index contributed by atoms with van der Waals surface area (Å²) in [5.74, 6) is -1.81. The van der Waals surface area contributed by atoms with E-state index >= 15 is 0 Å². The molecular formula is C31H26N2O4. The molecule has 37 heavy (non-hydrogen) atoms. The van der Waals surface area contributed by atoms with Gasteiger partial charge >= 0.3 is 5.97 Å². The van der Waals surface area contributed by atoms with Crippen LogP contribution in [0.4, 0.5) is 11.7 Å². The number of anilines is 2. The summed E-state index contributed by atoms with van der Waals surface area (Å²) in [6.45, 7) is 0. The number of hydrogen-bond acceptors (Lipinski definition) is 5. The molecule has 4 aromatic carbocycles.